The van der Waals surface area contributed by atoms with Crippen molar-refractivity contribution < 1.29 is 18.0 Å². The van der Waals surface area contributed by atoms with Gasteiger partial charge in [-0.2, -0.15) is 13.2 Å². The molecule has 3 atom stereocenters. The number of hydrogen-bond donors (Lipinski definition) is 2. The Balaban J connectivity index is 1.84. The second-order valence-corrected chi connectivity index (χ2v) is 6.84. The molecule has 3 unspecified atom stereocenters. The molecule has 1 heterocycles. The zero-order valence-corrected chi connectivity index (χ0v) is 14.6. The van der Waals surface area contributed by atoms with Gasteiger partial charge in [0, 0.05) is 25.7 Å². The number of amides is 1. The average molecular weight is 357 g/mol. The van der Waals surface area contributed by atoms with Crippen molar-refractivity contribution in [3.8, 4) is 0 Å². The molecule has 0 radical (unpaired) electrons. The van der Waals surface area contributed by atoms with E-state index in [2.05, 4.69) is 10.2 Å². The van der Waals surface area contributed by atoms with E-state index in [1.165, 1.54) is 12.1 Å². The first-order valence-electron chi connectivity index (χ1n) is 8.65. The third kappa shape index (κ3) is 5.44. The Labute approximate surface area is 146 Å². The van der Waals surface area contributed by atoms with E-state index in [1.807, 2.05) is 13.8 Å². The van der Waals surface area contributed by atoms with Crippen LogP contribution in [0.15, 0.2) is 24.3 Å². The van der Waals surface area contributed by atoms with Crippen LogP contribution in [0.1, 0.15) is 37.8 Å². The monoisotopic (exact) mass is 357 g/mol. The maximum Gasteiger partial charge on any atom is 0.416 e. The molecule has 0 spiro atoms. The first-order valence-corrected chi connectivity index (χ1v) is 8.65. The van der Waals surface area contributed by atoms with Crippen molar-refractivity contribution in [1.82, 2.24) is 10.2 Å². The maximum atomic E-state index is 12.6. The summed E-state index contributed by atoms with van der Waals surface area (Å²) in [6, 6.07) is 4.76. The molecule has 1 aliphatic rings. The zero-order valence-electron chi connectivity index (χ0n) is 14.6. The molecule has 1 aromatic carbocycles. The van der Waals surface area contributed by atoms with Crippen LogP contribution in [0, 0.1) is 5.92 Å². The number of carbonyl (C=O) groups excluding carboxylic acids is 1. The highest BCUT2D eigenvalue weighted by atomic mass is 19.4. The van der Waals surface area contributed by atoms with E-state index in [4.69, 9.17) is 5.73 Å². The highest BCUT2D eigenvalue weighted by molar-refractivity contribution is 5.82. The number of likely N-dealkylation sites (tertiary alicyclic amines) is 1. The lowest BCUT2D eigenvalue weighted by Gasteiger charge is -2.21. The molecule has 1 aromatic rings. The molecule has 140 valence electrons. The average Bonchev–Trinajstić information content (AvgIpc) is 2.99. The normalized spacial score (nSPS) is 21.1. The van der Waals surface area contributed by atoms with Crippen molar-refractivity contribution >= 4 is 5.91 Å². The molecule has 1 amide bonds. The lowest BCUT2D eigenvalue weighted by molar-refractivity contribution is -0.137. The van der Waals surface area contributed by atoms with Crippen LogP contribution in [-0.4, -0.2) is 36.0 Å². The van der Waals surface area contributed by atoms with E-state index >= 15 is 0 Å². The Morgan fingerprint density at radius 3 is 2.56 bits per heavy atom. The molecule has 4 nitrogen and oxygen atoms in total. The van der Waals surface area contributed by atoms with Gasteiger partial charge in [-0.05, 0) is 30.0 Å². The van der Waals surface area contributed by atoms with Crippen molar-refractivity contribution in [2.75, 3.05) is 13.1 Å². The summed E-state index contributed by atoms with van der Waals surface area (Å²) in [6.07, 6.45) is -2.64. The number of nitrogens with one attached hydrogen (secondary N) is 1. The van der Waals surface area contributed by atoms with Gasteiger partial charge in [0.15, 0.2) is 0 Å². The van der Waals surface area contributed by atoms with Crippen molar-refractivity contribution in [3.05, 3.63) is 35.4 Å². The Morgan fingerprint density at radius 1 is 1.36 bits per heavy atom. The molecule has 3 N–H and O–H groups in total. The molecule has 1 saturated heterocycles. The van der Waals surface area contributed by atoms with Gasteiger partial charge in [0.2, 0.25) is 5.91 Å². The Morgan fingerprint density at radius 2 is 2.00 bits per heavy atom. The third-order valence-electron chi connectivity index (χ3n) is 4.87. The number of alkyl halides is 3. The van der Waals surface area contributed by atoms with Crippen LogP contribution in [0.5, 0.6) is 0 Å². The molecule has 0 saturated carbocycles. The quantitative estimate of drug-likeness (QED) is 0.823. The molecular weight excluding hydrogens is 331 g/mol. The molecule has 25 heavy (non-hydrogen) atoms. The minimum atomic E-state index is -4.31. The lowest BCUT2D eigenvalue weighted by atomic mass is 9.99. The summed E-state index contributed by atoms with van der Waals surface area (Å²) >= 11 is 0. The van der Waals surface area contributed by atoms with E-state index in [0.29, 0.717) is 13.1 Å². The van der Waals surface area contributed by atoms with Gasteiger partial charge in [-0.3, -0.25) is 9.69 Å². The maximum absolute atomic E-state index is 12.6. The highest BCUT2D eigenvalue weighted by Gasteiger charge is 2.30. The van der Waals surface area contributed by atoms with Gasteiger partial charge in [0.25, 0.3) is 0 Å². The molecule has 0 aromatic heterocycles. The zero-order chi connectivity index (χ0) is 18.6. The number of nitrogens with zero attached hydrogens (tertiary/aromatic N) is 1. The fraction of sp³-hybridized carbons (Fsp3) is 0.611. The van der Waals surface area contributed by atoms with E-state index in [1.54, 1.807) is 0 Å². The predicted molar refractivity (Wildman–Crippen MR) is 90.7 cm³/mol. The minimum absolute atomic E-state index is 0.0389. The van der Waals surface area contributed by atoms with Gasteiger partial charge in [-0.15, -0.1) is 0 Å². The van der Waals surface area contributed by atoms with E-state index in [0.717, 1.165) is 37.1 Å². The summed E-state index contributed by atoms with van der Waals surface area (Å²) in [5, 5.41) is 2.98. The SMILES string of the molecule is CCC(C)C(N)C(=O)NC1CCN(Cc2ccc(C(F)(F)F)cc2)C1. The number of benzene rings is 1. The van der Waals surface area contributed by atoms with Gasteiger partial charge in [-0.1, -0.05) is 32.4 Å². The van der Waals surface area contributed by atoms with Crippen LogP contribution in [0.4, 0.5) is 13.2 Å². The molecule has 0 bridgehead atoms. The molecule has 2 rings (SSSR count). The summed E-state index contributed by atoms with van der Waals surface area (Å²) < 4.78 is 37.8. The number of hydrogen-bond acceptors (Lipinski definition) is 3. The first-order chi connectivity index (χ1) is 11.7. The Bertz CT molecular complexity index is 574. The van der Waals surface area contributed by atoms with E-state index in [9.17, 15) is 18.0 Å². The van der Waals surface area contributed by atoms with Crippen LogP contribution in [0.2, 0.25) is 0 Å². The molecule has 1 aliphatic heterocycles. The molecule has 7 heteroatoms. The predicted octanol–water partition coefficient (Wildman–Crippen LogP) is 2.77. The van der Waals surface area contributed by atoms with Gasteiger partial charge >= 0.3 is 6.18 Å². The van der Waals surface area contributed by atoms with E-state index < -0.39 is 17.8 Å². The van der Waals surface area contributed by atoms with Crippen molar-refractivity contribution in [2.45, 2.75) is 51.5 Å². The highest BCUT2D eigenvalue weighted by Crippen LogP contribution is 2.29. The number of rotatable bonds is 6. The van der Waals surface area contributed by atoms with Crippen molar-refractivity contribution in [2.24, 2.45) is 11.7 Å². The van der Waals surface area contributed by atoms with E-state index in [-0.39, 0.29) is 17.9 Å². The third-order valence-corrected chi connectivity index (χ3v) is 4.87. The molecule has 0 aliphatic carbocycles. The fourth-order valence-electron chi connectivity index (χ4n) is 2.96. The standard InChI is InChI=1S/C18H26F3N3O/c1-3-12(2)16(22)17(25)23-15-8-9-24(11-15)10-13-4-6-14(7-5-13)18(19,20)21/h4-7,12,15-16H,3,8-11,22H2,1-2H3,(H,23,25). The smallest absolute Gasteiger partial charge is 0.351 e. The summed E-state index contributed by atoms with van der Waals surface area (Å²) in [7, 11) is 0. The number of carbonyl (C=O) groups is 1. The first kappa shape index (κ1) is 19.7. The van der Waals surface area contributed by atoms with Crippen LogP contribution in [0.25, 0.3) is 0 Å². The number of halogens is 3. The second-order valence-electron chi connectivity index (χ2n) is 6.84. The molecular formula is C18H26F3N3O. The van der Waals surface area contributed by atoms with Crippen molar-refractivity contribution in [3.63, 3.8) is 0 Å². The summed E-state index contributed by atoms with van der Waals surface area (Å²) in [5.41, 5.74) is 6.13. The second kappa shape index (κ2) is 8.19. The lowest BCUT2D eigenvalue weighted by Crippen LogP contribution is -2.48. The van der Waals surface area contributed by atoms with Gasteiger partial charge in [0.05, 0.1) is 11.6 Å². The van der Waals surface area contributed by atoms with Crippen LogP contribution in [0.3, 0.4) is 0 Å². The van der Waals surface area contributed by atoms with Crippen LogP contribution in [-0.2, 0) is 17.5 Å². The summed E-state index contributed by atoms with van der Waals surface area (Å²) in [5.74, 6) is 0.000355. The van der Waals surface area contributed by atoms with Gasteiger partial charge in [-0.25, -0.2) is 0 Å². The minimum Gasteiger partial charge on any atom is -0.351 e. The van der Waals surface area contributed by atoms with Crippen molar-refractivity contribution in [1.29, 1.82) is 0 Å². The Hall–Kier alpha value is -1.60. The largest absolute Gasteiger partial charge is 0.416 e. The fourth-order valence-corrected chi connectivity index (χ4v) is 2.96. The summed E-state index contributed by atoms with van der Waals surface area (Å²) in [6.45, 7) is 6.00. The Kier molecular flexibility index (Phi) is 6.46. The molecule has 1 fully saturated rings. The topological polar surface area (TPSA) is 58.4 Å². The van der Waals surface area contributed by atoms with Gasteiger partial charge in [0.1, 0.15) is 0 Å². The van der Waals surface area contributed by atoms with Gasteiger partial charge < -0.3 is 11.1 Å². The van der Waals surface area contributed by atoms with Crippen LogP contribution < -0.4 is 11.1 Å². The summed E-state index contributed by atoms with van der Waals surface area (Å²) in [4.78, 5) is 14.3. The van der Waals surface area contributed by atoms with Crippen LogP contribution >= 0.6 is 0 Å². The number of nitrogens with two attached hydrogens (primary N) is 1.